The molecule has 3 aromatic rings. The van der Waals surface area contributed by atoms with Crippen LogP contribution in [0.1, 0.15) is 29.6 Å². The first-order valence-electron chi connectivity index (χ1n) is 8.95. The highest BCUT2D eigenvalue weighted by Crippen LogP contribution is 2.41. The Labute approximate surface area is 166 Å². The summed E-state index contributed by atoms with van der Waals surface area (Å²) in [4.78, 5) is 24.4. The number of hydrogen-bond acceptors (Lipinski definition) is 6. The molecule has 5 nitrogen and oxygen atoms in total. The normalized spacial score (nSPS) is 14.2. The SMILES string of the molecule is COc1ccc(NC(=O)[C@H](C)Sc2nc(C)nc3sc4c(c23)CCC4)cc1. The average molecular weight is 400 g/mol. The van der Waals surface area contributed by atoms with Crippen molar-refractivity contribution in [3.8, 4) is 5.75 Å². The van der Waals surface area contributed by atoms with E-state index < -0.39 is 0 Å². The van der Waals surface area contributed by atoms with E-state index in [9.17, 15) is 4.79 Å². The van der Waals surface area contributed by atoms with Crippen LogP contribution in [0.15, 0.2) is 29.3 Å². The number of nitrogens with one attached hydrogen (secondary N) is 1. The molecule has 2 aromatic heterocycles. The number of carbonyl (C=O) groups is 1. The van der Waals surface area contributed by atoms with Gasteiger partial charge in [-0.2, -0.15) is 0 Å². The van der Waals surface area contributed by atoms with Gasteiger partial charge in [0.2, 0.25) is 5.91 Å². The van der Waals surface area contributed by atoms with Gasteiger partial charge in [-0.3, -0.25) is 4.79 Å². The van der Waals surface area contributed by atoms with Crippen LogP contribution < -0.4 is 10.1 Å². The molecule has 7 heteroatoms. The fourth-order valence-electron chi connectivity index (χ4n) is 3.29. The summed E-state index contributed by atoms with van der Waals surface area (Å²) in [6.45, 7) is 3.83. The molecular weight excluding hydrogens is 378 g/mol. The summed E-state index contributed by atoms with van der Waals surface area (Å²) < 4.78 is 5.15. The molecule has 140 valence electrons. The number of amides is 1. The van der Waals surface area contributed by atoms with Crippen molar-refractivity contribution in [2.45, 2.75) is 43.4 Å². The molecule has 27 heavy (non-hydrogen) atoms. The second-order valence-corrected chi connectivity index (χ2v) is 9.00. The van der Waals surface area contributed by atoms with Gasteiger partial charge in [0.05, 0.1) is 12.4 Å². The van der Waals surface area contributed by atoms with E-state index in [2.05, 4.69) is 15.3 Å². The van der Waals surface area contributed by atoms with E-state index in [1.165, 1.54) is 28.6 Å². The molecule has 0 fully saturated rings. The van der Waals surface area contributed by atoms with Crippen LogP contribution in [0.25, 0.3) is 10.2 Å². The van der Waals surface area contributed by atoms with Crippen LogP contribution in [0, 0.1) is 6.92 Å². The van der Waals surface area contributed by atoms with Crippen molar-refractivity contribution < 1.29 is 9.53 Å². The quantitative estimate of drug-likeness (QED) is 0.501. The first-order valence-corrected chi connectivity index (χ1v) is 10.6. The van der Waals surface area contributed by atoms with E-state index in [1.807, 2.05) is 38.1 Å². The molecule has 1 aliphatic carbocycles. The molecule has 0 unspecified atom stereocenters. The van der Waals surface area contributed by atoms with Crippen molar-refractivity contribution in [1.82, 2.24) is 9.97 Å². The highest BCUT2D eigenvalue weighted by atomic mass is 32.2. The van der Waals surface area contributed by atoms with Gasteiger partial charge in [-0.05, 0) is 62.9 Å². The van der Waals surface area contributed by atoms with E-state index in [0.29, 0.717) is 0 Å². The maximum absolute atomic E-state index is 12.7. The Bertz CT molecular complexity index is 999. The summed E-state index contributed by atoms with van der Waals surface area (Å²) in [5.74, 6) is 1.48. The molecule has 0 saturated heterocycles. The number of ether oxygens (including phenoxy) is 1. The van der Waals surface area contributed by atoms with E-state index >= 15 is 0 Å². The van der Waals surface area contributed by atoms with Gasteiger partial charge in [-0.1, -0.05) is 11.8 Å². The summed E-state index contributed by atoms with van der Waals surface area (Å²) in [7, 11) is 1.62. The summed E-state index contributed by atoms with van der Waals surface area (Å²) in [5.41, 5.74) is 2.15. The third-order valence-electron chi connectivity index (χ3n) is 4.66. The summed E-state index contributed by atoms with van der Waals surface area (Å²) in [6.07, 6.45) is 3.41. The number of hydrogen-bond donors (Lipinski definition) is 1. The van der Waals surface area contributed by atoms with E-state index in [0.717, 1.165) is 45.3 Å². The number of carbonyl (C=O) groups excluding carboxylic acids is 1. The molecule has 4 rings (SSSR count). The van der Waals surface area contributed by atoms with Crippen molar-refractivity contribution in [2.24, 2.45) is 0 Å². The lowest BCUT2D eigenvalue weighted by Crippen LogP contribution is -2.22. The molecule has 0 aliphatic heterocycles. The first kappa shape index (κ1) is 18.3. The van der Waals surface area contributed by atoms with Crippen LogP contribution in [0.3, 0.4) is 0 Å². The Kier molecular flexibility index (Phi) is 5.06. The number of rotatable bonds is 5. The van der Waals surface area contributed by atoms with Crippen molar-refractivity contribution in [3.05, 3.63) is 40.5 Å². The van der Waals surface area contributed by atoms with Gasteiger partial charge in [0.25, 0.3) is 0 Å². The van der Waals surface area contributed by atoms with Crippen LogP contribution in [-0.2, 0) is 17.6 Å². The third-order valence-corrected chi connectivity index (χ3v) is 6.93. The summed E-state index contributed by atoms with van der Waals surface area (Å²) in [6, 6.07) is 7.35. The topological polar surface area (TPSA) is 64.1 Å². The third kappa shape index (κ3) is 3.66. The predicted octanol–water partition coefficient (Wildman–Crippen LogP) is 4.62. The monoisotopic (exact) mass is 399 g/mol. The van der Waals surface area contributed by atoms with Crippen molar-refractivity contribution in [2.75, 3.05) is 12.4 Å². The Morgan fingerprint density at radius 1 is 1.26 bits per heavy atom. The largest absolute Gasteiger partial charge is 0.497 e. The van der Waals surface area contributed by atoms with Crippen molar-refractivity contribution in [1.29, 1.82) is 0 Å². The number of aromatic nitrogens is 2. The number of thiophene rings is 1. The summed E-state index contributed by atoms with van der Waals surface area (Å²) in [5, 5.41) is 4.79. The van der Waals surface area contributed by atoms with Crippen molar-refractivity contribution >= 4 is 44.9 Å². The highest BCUT2D eigenvalue weighted by molar-refractivity contribution is 8.00. The zero-order valence-corrected chi connectivity index (χ0v) is 17.2. The van der Waals surface area contributed by atoms with Gasteiger partial charge in [-0.15, -0.1) is 11.3 Å². The molecule has 1 atom stereocenters. The molecule has 0 radical (unpaired) electrons. The van der Waals surface area contributed by atoms with E-state index in [4.69, 9.17) is 4.74 Å². The number of aryl methyl sites for hydroxylation is 3. The molecule has 0 spiro atoms. The fourth-order valence-corrected chi connectivity index (χ4v) is 5.68. The standard InChI is InChI=1S/C20H21N3O2S2/c1-11(18(24)23-13-7-9-14(25-3)10-8-13)26-19-17-15-5-4-6-16(15)27-20(17)22-12(2)21-19/h7-11H,4-6H2,1-3H3,(H,23,24)/t11-/m0/s1. The van der Waals surface area contributed by atoms with Gasteiger partial charge in [0.15, 0.2) is 0 Å². The first-order chi connectivity index (χ1) is 13.0. The highest BCUT2D eigenvalue weighted by Gasteiger charge is 2.24. The maximum atomic E-state index is 12.7. The molecule has 0 bridgehead atoms. The second-order valence-electron chi connectivity index (χ2n) is 6.59. The second kappa shape index (κ2) is 7.48. The molecular formula is C20H21N3O2S2. The minimum atomic E-state index is -0.262. The molecule has 2 heterocycles. The zero-order chi connectivity index (χ0) is 19.0. The lowest BCUT2D eigenvalue weighted by Gasteiger charge is -2.13. The predicted molar refractivity (Wildman–Crippen MR) is 111 cm³/mol. The van der Waals surface area contributed by atoms with Crippen LogP contribution in [0.5, 0.6) is 5.75 Å². The minimum absolute atomic E-state index is 0.0403. The molecule has 1 amide bonds. The van der Waals surface area contributed by atoms with Crippen LogP contribution >= 0.6 is 23.1 Å². The number of anilines is 1. The van der Waals surface area contributed by atoms with Gasteiger partial charge in [-0.25, -0.2) is 9.97 Å². The maximum Gasteiger partial charge on any atom is 0.237 e. The smallest absolute Gasteiger partial charge is 0.237 e. The Balaban J connectivity index is 1.55. The number of thioether (sulfide) groups is 1. The lowest BCUT2D eigenvalue weighted by molar-refractivity contribution is -0.115. The van der Waals surface area contributed by atoms with Crippen LogP contribution in [0.4, 0.5) is 5.69 Å². The molecule has 1 aromatic carbocycles. The number of methoxy groups -OCH3 is 1. The summed E-state index contributed by atoms with van der Waals surface area (Å²) >= 11 is 3.29. The Morgan fingerprint density at radius 3 is 2.78 bits per heavy atom. The minimum Gasteiger partial charge on any atom is -0.497 e. The Morgan fingerprint density at radius 2 is 2.04 bits per heavy atom. The number of nitrogens with zero attached hydrogens (tertiary/aromatic N) is 2. The van der Waals surface area contributed by atoms with Gasteiger partial charge < -0.3 is 10.1 Å². The van der Waals surface area contributed by atoms with Gasteiger partial charge in [0, 0.05) is 16.0 Å². The molecule has 0 saturated carbocycles. The molecule has 1 aliphatic rings. The van der Waals surface area contributed by atoms with Crippen LogP contribution in [0.2, 0.25) is 0 Å². The fraction of sp³-hybridized carbons (Fsp3) is 0.350. The van der Waals surface area contributed by atoms with E-state index in [-0.39, 0.29) is 11.2 Å². The lowest BCUT2D eigenvalue weighted by atomic mass is 10.2. The number of fused-ring (bicyclic) bond motifs is 3. The van der Waals surface area contributed by atoms with Gasteiger partial charge >= 0.3 is 0 Å². The molecule has 1 N–H and O–H groups in total. The van der Waals surface area contributed by atoms with Crippen LogP contribution in [-0.4, -0.2) is 28.2 Å². The average Bonchev–Trinajstić information content (AvgIpc) is 3.22. The van der Waals surface area contributed by atoms with Crippen molar-refractivity contribution in [3.63, 3.8) is 0 Å². The number of benzene rings is 1. The van der Waals surface area contributed by atoms with Gasteiger partial charge in [0.1, 0.15) is 21.4 Å². The van der Waals surface area contributed by atoms with E-state index in [1.54, 1.807) is 18.4 Å². The Hall–Kier alpha value is -2.12. The zero-order valence-electron chi connectivity index (χ0n) is 15.5.